The summed E-state index contributed by atoms with van der Waals surface area (Å²) >= 11 is 0. The number of aromatic amines is 1. The highest BCUT2D eigenvalue weighted by Crippen LogP contribution is 2.42. The molecule has 3 N–H and O–H groups in total. The molecule has 1 aromatic carbocycles. The van der Waals surface area contributed by atoms with Gasteiger partial charge in [-0.3, -0.25) is 9.59 Å². The molecule has 2 aromatic rings. The van der Waals surface area contributed by atoms with Gasteiger partial charge in [-0.25, -0.2) is 4.98 Å². The Morgan fingerprint density at radius 1 is 1.25 bits per heavy atom. The van der Waals surface area contributed by atoms with E-state index in [1.165, 1.54) is 6.42 Å². The zero-order valence-electron chi connectivity index (χ0n) is 16.7. The van der Waals surface area contributed by atoms with Gasteiger partial charge in [-0.15, -0.1) is 0 Å². The van der Waals surface area contributed by atoms with Gasteiger partial charge in [0.15, 0.2) is 0 Å². The van der Waals surface area contributed by atoms with E-state index >= 15 is 0 Å². The molecule has 0 radical (unpaired) electrons. The van der Waals surface area contributed by atoms with Crippen molar-refractivity contribution in [3.8, 4) is 0 Å². The Hall–Kier alpha value is -2.21. The molecule has 1 heterocycles. The minimum absolute atomic E-state index is 0.0321. The Morgan fingerprint density at radius 2 is 1.93 bits per heavy atom. The average Bonchev–Trinajstić information content (AvgIpc) is 2.65. The van der Waals surface area contributed by atoms with Crippen LogP contribution in [0.5, 0.6) is 0 Å². The van der Waals surface area contributed by atoms with Crippen molar-refractivity contribution < 1.29 is 4.79 Å². The number of nitrogens with one attached hydrogen (secondary N) is 1. The fourth-order valence-corrected chi connectivity index (χ4v) is 5.11. The Morgan fingerprint density at radius 3 is 2.61 bits per heavy atom. The first-order chi connectivity index (χ1) is 13.4. The van der Waals surface area contributed by atoms with Crippen LogP contribution in [0.1, 0.15) is 51.8 Å². The van der Waals surface area contributed by atoms with Gasteiger partial charge in [0.05, 0.1) is 17.4 Å². The predicted molar refractivity (Wildman–Crippen MR) is 110 cm³/mol. The van der Waals surface area contributed by atoms with Gasteiger partial charge in [0.1, 0.15) is 5.82 Å². The smallest absolute Gasteiger partial charge is 0.258 e. The standard InChI is InChI=1S/C22H30N4O2/c1-13(2)26(12-19-24-18-9-4-3-8-17(18)21(27)25-19)22(28)16-10-14-6-5-7-15(11-16)20(14)23/h3-4,8-9,13-16,20H,5-7,10-12,23H2,1-2H3,(H,24,25,27). The van der Waals surface area contributed by atoms with Crippen LogP contribution in [0.25, 0.3) is 10.9 Å². The number of aromatic nitrogens is 2. The molecule has 2 saturated carbocycles. The van der Waals surface area contributed by atoms with Crippen molar-refractivity contribution in [3.63, 3.8) is 0 Å². The molecule has 2 bridgehead atoms. The van der Waals surface area contributed by atoms with Crippen molar-refractivity contribution in [1.82, 2.24) is 14.9 Å². The van der Waals surface area contributed by atoms with E-state index in [0.29, 0.717) is 35.1 Å². The molecule has 28 heavy (non-hydrogen) atoms. The molecule has 2 fully saturated rings. The van der Waals surface area contributed by atoms with Crippen molar-refractivity contribution in [2.45, 2.75) is 64.6 Å². The third-order valence-electron chi connectivity index (χ3n) is 6.65. The second-order valence-corrected chi connectivity index (χ2v) is 8.79. The number of fused-ring (bicyclic) bond motifs is 3. The first kappa shape index (κ1) is 19.1. The van der Waals surface area contributed by atoms with Crippen LogP contribution in [-0.2, 0) is 11.3 Å². The lowest BCUT2D eigenvalue weighted by Crippen LogP contribution is -2.50. The minimum atomic E-state index is -0.157. The minimum Gasteiger partial charge on any atom is -0.333 e. The van der Waals surface area contributed by atoms with E-state index in [9.17, 15) is 9.59 Å². The number of nitrogens with zero attached hydrogens (tertiary/aromatic N) is 2. The highest BCUT2D eigenvalue weighted by Gasteiger charge is 2.42. The van der Waals surface area contributed by atoms with E-state index in [1.54, 1.807) is 6.07 Å². The van der Waals surface area contributed by atoms with Crippen molar-refractivity contribution >= 4 is 16.8 Å². The number of carbonyl (C=O) groups is 1. The summed E-state index contributed by atoms with van der Waals surface area (Å²) in [6, 6.07) is 7.59. The van der Waals surface area contributed by atoms with Crippen molar-refractivity contribution in [2.24, 2.45) is 23.5 Å². The second kappa shape index (κ2) is 7.66. The number of hydrogen-bond donors (Lipinski definition) is 2. The summed E-state index contributed by atoms with van der Waals surface area (Å²) in [5.74, 6) is 1.68. The van der Waals surface area contributed by atoms with Crippen LogP contribution in [0.3, 0.4) is 0 Å². The normalized spacial score (nSPS) is 27.1. The van der Waals surface area contributed by atoms with Gasteiger partial charge >= 0.3 is 0 Å². The molecule has 2 unspecified atom stereocenters. The van der Waals surface area contributed by atoms with Gasteiger partial charge in [0.2, 0.25) is 5.91 Å². The summed E-state index contributed by atoms with van der Waals surface area (Å²) in [5.41, 5.74) is 6.91. The molecule has 1 aromatic heterocycles. The van der Waals surface area contributed by atoms with Crippen molar-refractivity contribution in [2.75, 3.05) is 0 Å². The van der Waals surface area contributed by atoms with E-state index in [1.807, 2.05) is 36.9 Å². The largest absolute Gasteiger partial charge is 0.333 e. The summed E-state index contributed by atoms with van der Waals surface area (Å²) in [6.45, 7) is 4.37. The summed E-state index contributed by atoms with van der Waals surface area (Å²) in [5, 5.41) is 0.572. The van der Waals surface area contributed by atoms with Gasteiger partial charge in [0, 0.05) is 18.0 Å². The van der Waals surface area contributed by atoms with Crippen LogP contribution in [0.4, 0.5) is 0 Å². The molecule has 2 atom stereocenters. The van der Waals surface area contributed by atoms with Gasteiger partial charge in [-0.05, 0) is 63.5 Å². The Balaban J connectivity index is 1.56. The van der Waals surface area contributed by atoms with E-state index in [-0.39, 0.29) is 29.5 Å². The molecule has 2 aliphatic rings. The zero-order chi connectivity index (χ0) is 19.8. The Bertz CT molecular complexity index is 908. The summed E-state index contributed by atoms with van der Waals surface area (Å²) in [7, 11) is 0. The first-order valence-electron chi connectivity index (χ1n) is 10.5. The van der Waals surface area contributed by atoms with Crippen LogP contribution >= 0.6 is 0 Å². The van der Waals surface area contributed by atoms with Gasteiger partial charge < -0.3 is 15.6 Å². The Kier molecular flexibility index (Phi) is 5.23. The van der Waals surface area contributed by atoms with E-state index < -0.39 is 0 Å². The van der Waals surface area contributed by atoms with Gasteiger partial charge in [0.25, 0.3) is 5.56 Å². The number of rotatable bonds is 4. The number of carbonyl (C=O) groups excluding carboxylic acids is 1. The maximum Gasteiger partial charge on any atom is 0.258 e. The van der Waals surface area contributed by atoms with E-state index in [4.69, 9.17) is 5.73 Å². The maximum atomic E-state index is 13.4. The Labute approximate surface area is 165 Å². The van der Waals surface area contributed by atoms with Crippen molar-refractivity contribution in [1.29, 1.82) is 0 Å². The lowest BCUT2D eigenvalue weighted by molar-refractivity contribution is -0.141. The molecule has 1 amide bonds. The molecule has 0 aliphatic heterocycles. The maximum absolute atomic E-state index is 13.4. The number of H-pyrrole nitrogens is 1. The number of amides is 1. The fraction of sp³-hybridized carbons (Fsp3) is 0.591. The first-order valence-corrected chi connectivity index (χ1v) is 10.5. The number of hydrogen-bond acceptors (Lipinski definition) is 4. The molecule has 0 saturated heterocycles. The summed E-state index contributed by atoms with van der Waals surface area (Å²) in [6.07, 6.45) is 5.30. The second-order valence-electron chi connectivity index (χ2n) is 8.79. The lowest BCUT2D eigenvalue weighted by Gasteiger charge is -2.45. The molecule has 4 rings (SSSR count). The van der Waals surface area contributed by atoms with Crippen molar-refractivity contribution in [3.05, 3.63) is 40.4 Å². The zero-order valence-corrected chi connectivity index (χ0v) is 16.7. The highest BCUT2D eigenvalue weighted by molar-refractivity contribution is 5.80. The topological polar surface area (TPSA) is 92.1 Å². The molecule has 0 spiro atoms. The fourth-order valence-electron chi connectivity index (χ4n) is 5.11. The molecular weight excluding hydrogens is 352 g/mol. The average molecular weight is 383 g/mol. The summed E-state index contributed by atoms with van der Waals surface area (Å²) < 4.78 is 0. The third kappa shape index (κ3) is 3.58. The molecular formula is C22H30N4O2. The number of benzene rings is 1. The molecule has 6 heteroatoms. The van der Waals surface area contributed by atoms with E-state index in [0.717, 1.165) is 25.7 Å². The lowest BCUT2D eigenvalue weighted by atomic mass is 9.65. The molecule has 2 aliphatic carbocycles. The highest BCUT2D eigenvalue weighted by atomic mass is 16.2. The van der Waals surface area contributed by atoms with Crippen LogP contribution < -0.4 is 11.3 Å². The number of para-hydroxylation sites is 1. The molecule has 150 valence electrons. The van der Waals surface area contributed by atoms with Crippen LogP contribution in [0.2, 0.25) is 0 Å². The predicted octanol–water partition coefficient (Wildman–Crippen LogP) is 2.81. The monoisotopic (exact) mass is 382 g/mol. The third-order valence-corrected chi connectivity index (χ3v) is 6.65. The van der Waals surface area contributed by atoms with Gasteiger partial charge in [-0.2, -0.15) is 0 Å². The van der Waals surface area contributed by atoms with Crippen LogP contribution in [-0.4, -0.2) is 32.9 Å². The van der Waals surface area contributed by atoms with E-state index in [2.05, 4.69) is 9.97 Å². The van der Waals surface area contributed by atoms with Crippen LogP contribution in [0, 0.1) is 17.8 Å². The number of nitrogens with two attached hydrogens (primary N) is 1. The summed E-state index contributed by atoms with van der Waals surface area (Å²) in [4.78, 5) is 35.1. The van der Waals surface area contributed by atoms with Gasteiger partial charge in [-0.1, -0.05) is 18.6 Å². The SMILES string of the molecule is CC(C)N(Cc1nc2ccccc2c(=O)[nH]1)C(=O)C1CC2CCCC(C1)C2N. The quantitative estimate of drug-likeness (QED) is 0.850. The van der Waals surface area contributed by atoms with Crippen LogP contribution in [0.15, 0.2) is 29.1 Å². The molecule has 6 nitrogen and oxygen atoms in total.